The molecular weight excluding hydrogens is 372 g/mol. The molecule has 154 valence electrons. The molecule has 2 aromatic rings. The first kappa shape index (κ1) is 19.5. The van der Waals surface area contributed by atoms with Gasteiger partial charge in [-0.25, -0.2) is 4.79 Å². The SMILES string of the molecule is CCOC(=O)[C@@H](C)N1C(=O)C(CC2CC2)Oc2cc(-c3c(C)noc3C)ccc21. The van der Waals surface area contributed by atoms with Gasteiger partial charge in [-0.1, -0.05) is 24.1 Å². The highest BCUT2D eigenvalue weighted by atomic mass is 16.5. The Kier molecular flexibility index (Phi) is 5.06. The summed E-state index contributed by atoms with van der Waals surface area (Å²) in [4.78, 5) is 27.1. The van der Waals surface area contributed by atoms with Crippen molar-refractivity contribution in [3.63, 3.8) is 0 Å². The topological polar surface area (TPSA) is 81.9 Å². The van der Waals surface area contributed by atoms with E-state index in [4.69, 9.17) is 14.0 Å². The number of carbonyl (C=O) groups is 2. The molecule has 1 saturated carbocycles. The van der Waals surface area contributed by atoms with E-state index in [1.807, 2.05) is 32.0 Å². The number of carbonyl (C=O) groups excluding carboxylic acids is 2. The van der Waals surface area contributed by atoms with Crippen LogP contribution in [-0.2, 0) is 14.3 Å². The summed E-state index contributed by atoms with van der Waals surface area (Å²) in [5, 5.41) is 4.02. The van der Waals surface area contributed by atoms with Crippen LogP contribution >= 0.6 is 0 Å². The van der Waals surface area contributed by atoms with Gasteiger partial charge in [-0.3, -0.25) is 9.69 Å². The molecule has 1 amide bonds. The molecule has 1 aromatic carbocycles. The number of esters is 1. The van der Waals surface area contributed by atoms with E-state index in [-0.39, 0.29) is 12.5 Å². The van der Waals surface area contributed by atoms with Gasteiger partial charge in [0.2, 0.25) is 0 Å². The van der Waals surface area contributed by atoms with Crippen LogP contribution in [0.2, 0.25) is 0 Å². The van der Waals surface area contributed by atoms with Gasteiger partial charge in [-0.15, -0.1) is 0 Å². The Morgan fingerprint density at radius 3 is 2.72 bits per heavy atom. The van der Waals surface area contributed by atoms with E-state index in [1.165, 1.54) is 4.90 Å². The Balaban J connectivity index is 1.74. The van der Waals surface area contributed by atoms with E-state index in [0.29, 0.717) is 23.8 Å². The monoisotopic (exact) mass is 398 g/mol. The number of hydrogen-bond acceptors (Lipinski definition) is 6. The van der Waals surface area contributed by atoms with Crippen molar-refractivity contribution >= 4 is 17.6 Å². The van der Waals surface area contributed by atoms with Crippen molar-refractivity contribution in [3.8, 4) is 16.9 Å². The zero-order valence-corrected chi connectivity index (χ0v) is 17.2. The van der Waals surface area contributed by atoms with Gasteiger partial charge < -0.3 is 14.0 Å². The average molecular weight is 398 g/mol. The van der Waals surface area contributed by atoms with Crippen molar-refractivity contribution in [1.29, 1.82) is 0 Å². The van der Waals surface area contributed by atoms with Crippen LogP contribution in [0, 0.1) is 19.8 Å². The minimum absolute atomic E-state index is 0.185. The normalized spacial score (nSPS) is 19.5. The molecule has 2 atom stereocenters. The number of aromatic nitrogens is 1. The van der Waals surface area contributed by atoms with E-state index < -0.39 is 18.1 Å². The number of anilines is 1. The molecule has 0 bridgehead atoms. The first-order valence-corrected chi connectivity index (χ1v) is 10.1. The third-order valence-electron chi connectivity index (χ3n) is 5.58. The van der Waals surface area contributed by atoms with Gasteiger partial charge in [0.15, 0.2) is 6.10 Å². The number of benzene rings is 1. The number of fused-ring (bicyclic) bond motifs is 1. The standard InChI is InChI=1S/C22H26N2O5/c1-5-27-22(26)13(3)24-17-9-8-16(20-12(2)23-29-14(20)4)11-18(17)28-19(21(24)25)10-15-6-7-15/h8-9,11,13,15,19H,5-7,10H2,1-4H3/t13-,19?/m1/s1. The summed E-state index contributed by atoms with van der Waals surface area (Å²) >= 11 is 0. The van der Waals surface area contributed by atoms with Crippen molar-refractivity contribution in [3.05, 3.63) is 29.7 Å². The number of aryl methyl sites for hydroxylation is 2. The number of ether oxygens (including phenoxy) is 2. The minimum atomic E-state index is -0.725. The lowest BCUT2D eigenvalue weighted by atomic mass is 10.0. The van der Waals surface area contributed by atoms with Crippen LogP contribution in [0.1, 0.15) is 44.6 Å². The summed E-state index contributed by atoms with van der Waals surface area (Å²) in [6, 6.07) is 4.89. The molecule has 1 aliphatic carbocycles. The lowest BCUT2D eigenvalue weighted by Crippen LogP contribution is -2.53. The van der Waals surface area contributed by atoms with Crippen LogP contribution < -0.4 is 9.64 Å². The van der Waals surface area contributed by atoms with E-state index in [2.05, 4.69) is 5.16 Å². The molecule has 0 spiro atoms. The Morgan fingerprint density at radius 1 is 1.34 bits per heavy atom. The molecule has 1 aliphatic heterocycles. The third kappa shape index (κ3) is 3.61. The maximum atomic E-state index is 13.2. The second-order valence-corrected chi connectivity index (χ2v) is 7.80. The fourth-order valence-corrected chi connectivity index (χ4v) is 3.91. The van der Waals surface area contributed by atoms with Gasteiger partial charge in [-0.05, 0) is 57.7 Å². The number of hydrogen-bond donors (Lipinski definition) is 0. The summed E-state index contributed by atoms with van der Waals surface area (Å²) in [5.74, 6) is 1.21. The van der Waals surface area contributed by atoms with Crippen LogP contribution in [0.25, 0.3) is 11.1 Å². The third-order valence-corrected chi connectivity index (χ3v) is 5.58. The number of nitrogens with zero attached hydrogens (tertiary/aromatic N) is 2. The highest BCUT2D eigenvalue weighted by molar-refractivity contribution is 6.04. The number of amides is 1. The van der Waals surface area contributed by atoms with Crippen LogP contribution in [0.15, 0.2) is 22.7 Å². The smallest absolute Gasteiger partial charge is 0.328 e. The zero-order valence-electron chi connectivity index (χ0n) is 17.2. The van der Waals surface area contributed by atoms with Gasteiger partial charge >= 0.3 is 5.97 Å². The van der Waals surface area contributed by atoms with Crippen molar-refractivity contribution in [2.75, 3.05) is 11.5 Å². The number of rotatable bonds is 6. The average Bonchev–Trinajstić information content (AvgIpc) is 3.45. The van der Waals surface area contributed by atoms with Crippen molar-refractivity contribution in [2.24, 2.45) is 5.92 Å². The Hall–Kier alpha value is -2.83. The highest BCUT2D eigenvalue weighted by Gasteiger charge is 2.42. The van der Waals surface area contributed by atoms with E-state index in [1.54, 1.807) is 13.8 Å². The zero-order chi connectivity index (χ0) is 20.7. The second kappa shape index (κ2) is 7.54. The van der Waals surface area contributed by atoms with Crippen molar-refractivity contribution < 1.29 is 23.6 Å². The molecule has 1 aromatic heterocycles. The molecule has 0 N–H and O–H groups in total. The van der Waals surface area contributed by atoms with Gasteiger partial charge in [-0.2, -0.15) is 0 Å². The predicted octanol–water partition coefficient (Wildman–Crippen LogP) is 3.80. The highest BCUT2D eigenvalue weighted by Crippen LogP contribution is 2.43. The van der Waals surface area contributed by atoms with Crippen molar-refractivity contribution in [2.45, 2.75) is 59.1 Å². The van der Waals surface area contributed by atoms with Gasteiger partial charge in [0.1, 0.15) is 17.6 Å². The van der Waals surface area contributed by atoms with E-state index in [9.17, 15) is 9.59 Å². The summed E-state index contributed by atoms with van der Waals surface area (Å²) < 4.78 is 16.6. The molecule has 4 rings (SSSR count). The summed E-state index contributed by atoms with van der Waals surface area (Å²) in [6.07, 6.45) is 2.31. The fraction of sp³-hybridized carbons (Fsp3) is 0.500. The van der Waals surface area contributed by atoms with Gasteiger partial charge in [0, 0.05) is 5.56 Å². The predicted molar refractivity (Wildman–Crippen MR) is 107 cm³/mol. The van der Waals surface area contributed by atoms with Gasteiger partial charge in [0.25, 0.3) is 5.91 Å². The molecule has 0 saturated heterocycles. The van der Waals surface area contributed by atoms with Crippen LogP contribution in [-0.4, -0.2) is 35.8 Å². The molecule has 1 fully saturated rings. The fourth-order valence-electron chi connectivity index (χ4n) is 3.91. The Morgan fingerprint density at radius 2 is 2.10 bits per heavy atom. The Bertz CT molecular complexity index is 927. The van der Waals surface area contributed by atoms with E-state index in [0.717, 1.165) is 35.4 Å². The molecule has 0 radical (unpaired) electrons. The largest absolute Gasteiger partial charge is 0.478 e. The lowest BCUT2D eigenvalue weighted by Gasteiger charge is -2.37. The molecule has 29 heavy (non-hydrogen) atoms. The van der Waals surface area contributed by atoms with Crippen molar-refractivity contribution in [1.82, 2.24) is 5.16 Å². The summed E-state index contributed by atoms with van der Waals surface area (Å²) in [6.45, 7) is 7.48. The maximum absolute atomic E-state index is 13.2. The van der Waals surface area contributed by atoms with Gasteiger partial charge in [0.05, 0.1) is 18.0 Å². The summed E-state index contributed by atoms with van der Waals surface area (Å²) in [5.41, 5.74) is 3.19. The molecule has 7 heteroatoms. The van der Waals surface area contributed by atoms with E-state index >= 15 is 0 Å². The molecule has 1 unspecified atom stereocenters. The Labute approximate surface area is 169 Å². The molecule has 7 nitrogen and oxygen atoms in total. The molecule has 2 aliphatic rings. The van der Waals surface area contributed by atoms with Crippen LogP contribution in [0.5, 0.6) is 5.75 Å². The summed E-state index contributed by atoms with van der Waals surface area (Å²) in [7, 11) is 0. The maximum Gasteiger partial charge on any atom is 0.328 e. The minimum Gasteiger partial charge on any atom is -0.478 e. The first-order chi connectivity index (χ1) is 13.9. The molecule has 2 heterocycles. The van der Waals surface area contributed by atoms with Crippen LogP contribution in [0.3, 0.4) is 0 Å². The quantitative estimate of drug-likeness (QED) is 0.689. The first-order valence-electron chi connectivity index (χ1n) is 10.1. The van der Waals surface area contributed by atoms with Crippen LogP contribution in [0.4, 0.5) is 5.69 Å². The lowest BCUT2D eigenvalue weighted by molar-refractivity contribution is -0.146. The second-order valence-electron chi connectivity index (χ2n) is 7.80. The molecular formula is C22H26N2O5.